The number of nitrogens with two attached hydrogens (primary N) is 1. The average Bonchev–Trinajstić information content (AvgIpc) is 2.36. The Balaban J connectivity index is 2.42. The number of hydrogen-bond donors (Lipinski definition) is 2. The number of aryl methyl sites for hydroxylation is 1. The summed E-state index contributed by atoms with van der Waals surface area (Å²) in [4.78, 5) is 4.25. The molecule has 0 saturated carbocycles. The molecule has 0 amide bonds. The average molecular weight is 249 g/mol. The van der Waals surface area contributed by atoms with Crippen molar-refractivity contribution in [1.29, 1.82) is 0 Å². The van der Waals surface area contributed by atoms with E-state index < -0.39 is 0 Å². The summed E-state index contributed by atoms with van der Waals surface area (Å²) in [5, 5.41) is 3.04. The van der Waals surface area contributed by atoms with Gasteiger partial charge in [-0.3, -0.25) is 0 Å². The van der Waals surface area contributed by atoms with E-state index in [-0.39, 0.29) is 6.10 Å². The van der Waals surface area contributed by atoms with Gasteiger partial charge in [0.25, 0.3) is 0 Å². The van der Waals surface area contributed by atoms with Gasteiger partial charge >= 0.3 is 0 Å². The summed E-state index contributed by atoms with van der Waals surface area (Å²) in [6, 6.07) is 7.96. The highest BCUT2D eigenvalue weighted by atomic mass is 16.5. The highest BCUT2D eigenvalue weighted by Gasteiger charge is 2.05. The summed E-state index contributed by atoms with van der Waals surface area (Å²) in [7, 11) is 0. The molecule has 3 N–H and O–H groups in total. The number of hydrogen-bond acceptors (Lipinski definition) is 2. The lowest BCUT2D eigenvalue weighted by atomic mass is 10.2. The summed E-state index contributed by atoms with van der Waals surface area (Å²) in [6.45, 7) is 7.51. The van der Waals surface area contributed by atoms with Crippen LogP contribution in [0.3, 0.4) is 0 Å². The predicted octanol–water partition coefficient (Wildman–Crippen LogP) is 2.08. The van der Waals surface area contributed by atoms with Crippen LogP contribution < -0.4 is 15.8 Å². The van der Waals surface area contributed by atoms with E-state index in [4.69, 9.17) is 10.5 Å². The fourth-order valence-electron chi connectivity index (χ4n) is 1.48. The van der Waals surface area contributed by atoms with Crippen LogP contribution in [0.4, 0.5) is 0 Å². The Morgan fingerprint density at radius 3 is 2.83 bits per heavy atom. The summed E-state index contributed by atoms with van der Waals surface area (Å²) < 4.78 is 5.81. The first-order chi connectivity index (χ1) is 8.63. The maximum absolute atomic E-state index is 5.81. The standard InChI is InChI=1S/C14H23N3O/c1-4-9-16-14(15)17-10-12(3)18-13-8-6-5-7-11(13)2/h5-8,12H,4,9-10H2,1-3H3,(H3,15,16,17). The molecule has 18 heavy (non-hydrogen) atoms. The quantitative estimate of drug-likeness (QED) is 0.599. The third-order valence-corrected chi connectivity index (χ3v) is 2.50. The van der Waals surface area contributed by atoms with Gasteiger partial charge in [-0.2, -0.15) is 0 Å². The lowest BCUT2D eigenvalue weighted by Crippen LogP contribution is -2.33. The van der Waals surface area contributed by atoms with Crippen LogP contribution in [0.2, 0.25) is 0 Å². The topological polar surface area (TPSA) is 59.6 Å². The van der Waals surface area contributed by atoms with Crippen LogP contribution in [0.5, 0.6) is 5.75 Å². The summed E-state index contributed by atoms with van der Waals surface area (Å²) in [5.41, 5.74) is 6.84. The lowest BCUT2D eigenvalue weighted by molar-refractivity contribution is 0.229. The molecule has 0 aliphatic heterocycles. The molecule has 4 nitrogen and oxygen atoms in total. The maximum atomic E-state index is 5.81. The van der Waals surface area contributed by atoms with Crippen LogP contribution in [0.15, 0.2) is 29.3 Å². The molecule has 0 bridgehead atoms. The maximum Gasteiger partial charge on any atom is 0.188 e. The molecule has 1 atom stereocenters. The number of benzene rings is 1. The molecule has 0 spiro atoms. The number of nitrogens with one attached hydrogen (secondary N) is 1. The van der Waals surface area contributed by atoms with Crippen LogP contribution in [0.1, 0.15) is 25.8 Å². The molecule has 0 fully saturated rings. The molecule has 0 aromatic heterocycles. The second kappa shape index (κ2) is 7.58. The molecule has 0 radical (unpaired) electrons. The van der Waals surface area contributed by atoms with Crippen molar-refractivity contribution in [2.75, 3.05) is 13.1 Å². The Morgan fingerprint density at radius 2 is 2.17 bits per heavy atom. The van der Waals surface area contributed by atoms with Crippen molar-refractivity contribution in [1.82, 2.24) is 5.32 Å². The number of guanidine groups is 1. The summed E-state index contributed by atoms with van der Waals surface area (Å²) in [5.74, 6) is 1.39. The first-order valence-electron chi connectivity index (χ1n) is 6.39. The minimum atomic E-state index is 0.00748. The summed E-state index contributed by atoms with van der Waals surface area (Å²) >= 11 is 0. The molecule has 1 unspecified atom stereocenters. The molecule has 1 aromatic rings. The van der Waals surface area contributed by atoms with Crippen molar-refractivity contribution < 1.29 is 4.74 Å². The number of aliphatic imine (C=N–C) groups is 1. The Hall–Kier alpha value is -1.71. The van der Waals surface area contributed by atoms with Crippen molar-refractivity contribution in [3.8, 4) is 5.75 Å². The highest BCUT2D eigenvalue weighted by molar-refractivity contribution is 5.77. The third kappa shape index (κ3) is 5.08. The van der Waals surface area contributed by atoms with Crippen LogP contribution in [0, 0.1) is 6.92 Å². The van der Waals surface area contributed by atoms with Crippen molar-refractivity contribution in [3.63, 3.8) is 0 Å². The zero-order valence-corrected chi connectivity index (χ0v) is 11.4. The van der Waals surface area contributed by atoms with Gasteiger partial charge in [0.05, 0.1) is 6.54 Å². The zero-order chi connectivity index (χ0) is 13.4. The van der Waals surface area contributed by atoms with E-state index in [0.29, 0.717) is 12.5 Å². The molecule has 0 aliphatic rings. The van der Waals surface area contributed by atoms with Gasteiger partial charge in [-0.1, -0.05) is 25.1 Å². The van der Waals surface area contributed by atoms with E-state index in [1.165, 1.54) is 0 Å². The Labute approximate surface area is 109 Å². The fourth-order valence-corrected chi connectivity index (χ4v) is 1.48. The Bertz CT molecular complexity index is 390. The van der Waals surface area contributed by atoms with Crippen LogP contribution in [-0.2, 0) is 0 Å². The molecule has 4 heteroatoms. The van der Waals surface area contributed by atoms with Gasteiger partial charge in [0.15, 0.2) is 5.96 Å². The largest absolute Gasteiger partial charge is 0.489 e. The van der Waals surface area contributed by atoms with Gasteiger partial charge in [-0.05, 0) is 31.9 Å². The monoisotopic (exact) mass is 249 g/mol. The molecule has 0 saturated heterocycles. The zero-order valence-electron chi connectivity index (χ0n) is 11.4. The van der Waals surface area contributed by atoms with E-state index in [0.717, 1.165) is 24.3 Å². The SMILES string of the molecule is CCCNC(N)=NCC(C)Oc1ccccc1C. The lowest BCUT2D eigenvalue weighted by Gasteiger charge is -2.14. The first kappa shape index (κ1) is 14.4. The van der Waals surface area contributed by atoms with Crippen molar-refractivity contribution in [2.45, 2.75) is 33.3 Å². The van der Waals surface area contributed by atoms with E-state index in [1.807, 2.05) is 38.1 Å². The second-order valence-corrected chi connectivity index (χ2v) is 4.35. The van der Waals surface area contributed by atoms with Crippen LogP contribution in [0.25, 0.3) is 0 Å². The smallest absolute Gasteiger partial charge is 0.188 e. The highest BCUT2D eigenvalue weighted by Crippen LogP contribution is 2.17. The predicted molar refractivity (Wildman–Crippen MR) is 76.1 cm³/mol. The van der Waals surface area contributed by atoms with Crippen molar-refractivity contribution in [2.24, 2.45) is 10.7 Å². The minimum absolute atomic E-state index is 0.00748. The number of rotatable bonds is 6. The molecule has 1 rings (SSSR count). The first-order valence-corrected chi connectivity index (χ1v) is 6.39. The van der Waals surface area contributed by atoms with E-state index in [2.05, 4.69) is 17.2 Å². The van der Waals surface area contributed by atoms with Gasteiger partial charge < -0.3 is 15.8 Å². The van der Waals surface area contributed by atoms with E-state index >= 15 is 0 Å². The van der Waals surface area contributed by atoms with Gasteiger partial charge in [0, 0.05) is 6.54 Å². The molecular weight excluding hydrogens is 226 g/mol. The second-order valence-electron chi connectivity index (χ2n) is 4.35. The molecule has 100 valence electrons. The molecule has 0 heterocycles. The normalized spacial score (nSPS) is 13.2. The van der Waals surface area contributed by atoms with Crippen LogP contribution in [-0.4, -0.2) is 25.2 Å². The van der Waals surface area contributed by atoms with Crippen molar-refractivity contribution in [3.05, 3.63) is 29.8 Å². The number of ether oxygens (including phenoxy) is 1. The minimum Gasteiger partial charge on any atom is -0.489 e. The van der Waals surface area contributed by atoms with Gasteiger partial charge in [-0.15, -0.1) is 0 Å². The van der Waals surface area contributed by atoms with Gasteiger partial charge in [0.2, 0.25) is 0 Å². The van der Waals surface area contributed by atoms with Gasteiger partial charge in [0.1, 0.15) is 11.9 Å². The number of nitrogens with zero attached hydrogens (tertiary/aromatic N) is 1. The molecule has 1 aromatic carbocycles. The van der Waals surface area contributed by atoms with Crippen LogP contribution >= 0.6 is 0 Å². The third-order valence-electron chi connectivity index (χ3n) is 2.50. The van der Waals surface area contributed by atoms with E-state index in [9.17, 15) is 0 Å². The number of para-hydroxylation sites is 1. The fraction of sp³-hybridized carbons (Fsp3) is 0.500. The molecular formula is C14H23N3O. The van der Waals surface area contributed by atoms with E-state index in [1.54, 1.807) is 0 Å². The Morgan fingerprint density at radius 1 is 1.44 bits per heavy atom. The van der Waals surface area contributed by atoms with Gasteiger partial charge in [-0.25, -0.2) is 4.99 Å². The summed E-state index contributed by atoms with van der Waals surface area (Å²) in [6.07, 6.45) is 1.04. The Kier molecular flexibility index (Phi) is 6.05. The molecule has 0 aliphatic carbocycles. The van der Waals surface area contributed by atoms with Crippen molar-refractivity contribution >= 4 is 5.96 Å².